The molecule has 0 bridgehead atoms. The molecule has 2 aromatic heterocycles. The Labute approximate surface area is 140 Å². The largest absolute Gasteiger partial charge is 0.470 e. The maximum Gasteiger partial charge on any atom is 0.213 e. The first-order valence-electron chi connectivity index (χ1n) is 8.14. The average molecular weight is 331 g/mol. The summed E-state index contributed by atoms with van der Waals surface area (Å²) in [6.45, 7) is 4.62. The van der Waals surface area contributed by atoms with Crippen LogP contribution in [0.4, 0.5) is 0 Å². The van der Waals surface area contributed by atoms with Gasteiger partial charge in [-0.05, 0) is 25.8 Å². The normalized spacial score (nSPS) is 27.8. The van der Waals surface area contributed by atoms with Gasteiger partial charge < -0.3 is 9.47 Å². The highest BCUT2D eigenvalue weighted by Gasteiger charge is 2.45. The third kappa shape index (κ3) is 3.24. The highest BCUT2D eigenvalue weighted by atomic mass is 32.1. The highest BCUT2D eigenvalue weighted by molar-refractivity contribution is 7.09. The number of fused-ring (bicyclic) bond motifs is 1. The van der Waals surface area contributed by atoms with Crippen LogP contribution in [0, 0.1) is 6.92 Å². The lowest BCUT2D eigenvalue weighted by Crippen LogP contribution is -2.42. The molecule has 23 heavy (non-hydrogen) atoms. The molecule has 0 N–H and O–H groups in total. The van der Waals surface area contributed by atoms with Gasteiger partial charge in [0.2, 0.25) is 5.88 Å². The second-order valence-corrected chi connectivity index (χ2v) is 7.22. The van der Waals surface area contributed by atoms with E-state index in [1.807, 2.05) is 18.2 Å². The molecule has 4 heterocycles. The molecule has 0 spiro atoms. The van der Waals surface area contributed by atoms with Crippen LogP contribution >= 0.6 is 11.3 Å². The second kappa shape index (κ2) is 6.55. The van der Waals surface area contributed by atoms with E-state index < -0.39 is 0 Å². The van der Waals surface area contributed by atoms with Crippen LogP contribution in [0.1, 0.15) is 23.5 Å². The van der Waals surface area contributed by atoms with Crippen LogP contribution < -0.4 is 4.74 Å². The SMILES string of the molecule is Cc1nc(CN2C[C@@H](Oc3ccccn3)[C@H]3OCCC[C@H]32)cs1. The monoisotopic (exact) mass is 331 g/mol. The molecule has 0 unspecified atom stereocenters. The molecule has 6 heteroatoms. The van der Waals surface area contributed by atoms with Crippen LogP contribution in [0.2, 0.25) is 0 Å². The fourth-order valence-electron chi connectivity index (χ4n) is 3.55. The molecule has 0 saturated carbocycles. The number of nitrogens with zero attached hydrogens (tertiary/aromatic N) is 3. The van der Waals surface area contributed by atoms with Gasteiger partial charge in [-0.25, -0.2) is 9.97 Å². The fourth-order valence-corrected chi connectivity index (χ4v) is 4.15. The molecule has 3 atom stereocenters. The highest BCUT2D eigenvalue weighted by Crippen LogP contribution is 2.32. The lowest BCUT2D eigenvalue weighted by atomic mass is 10.0. The van der Waals surface area contributed by atoms with Crippen molar-refractivity contribution in [1.29, 1.82) is 0 Å². The van der Waals surface area contributed by atoms with Gasteiger partial charge in [-0.15, -0.1) is 11.3 Å². The van der Waals surface area contributed by atoms with Gasteiger partial charge >= 0.3 is 0 Å². The first kappa shape index (κ1) is 15.1. The lowest BCUT2D eigenvalue weighted by molar-refractivity contribution is -0.0480. The Morgan fingerprint density at radius 1 is 1.43 bits per heavy atom. The van der Waals surface area contributed by atoms with E-state index in [0.717, 1.165) is 43.2 Å². The Bertz CT molecular complexity index is 648. The maximum atomic E-state index is 6.12. The number of hydrogen-bond acceptors (Lipinski definition) is 6. The van der Waals surface area contributed by atoms with E-state index >= 15 is 0 Å². The molecular formula is C17H21N3O2S. The zero-order valence-electron chi connectivity index (χ0n) is 13.2. The molecule has 2 saturated heterocycles. The number of ether oxygens (including phenoxy) is 2. The molecule has 4 rings (SSSR count). The summed E-state index contributed by atoms with van der Waals surface area (Å²) in [6.07, 6.45) is 4.21. The zero-order chi connectivity index (χ0) is 15.6. The Balaban J connectivity index is 1.49. The zero-order valence-corrected chi connectivity index (χ0v) is 14.0. The van der Waals surface area contributed by atoms with E-state index in [2.05, 4.69) is 27.2 Å². The summed E-state index contributed by atoms with van der Waals surface area (Å²) in [5.74, 6) is 0.678. The molecular weight excluding hydrogens is 310 g/mol. The summed E-state index contributed by atoms with van der Waals surface area (Å²) in [6, 6.07) is 6.18. The number of likely N-dealkylation sites (tertiary alicyclic amines) is 1. The minimum absolute atomic E-state index is 0.0370. The number of pyridine rings is 1. The number of aromatic nitrogens is 2. The van der Waals surface area contributed by atoms with Crippen molar-refractivity contribution < 1.29 is 9.47 Å². The molecule has 0 aromatic carbocycles. The molecule has 0 aliphatic carbocycles. The number of rotatable bonds is 4. The van der Waals surface area contributed by atoms with Gasteiger partial charge in [0.05, 0.1) is 10.7 Å². The van der Waals surface area contributed by atoms with Crippen LogP contribution in [-0.2, 0) is 11.3 Å². The topological polar surface area (TPSA) is 47.5 Å². The van der Waals surface area contributed by atoms with Crippen molar-refractivity contribution in [2.24, 2.45) is 0 Å². The van der Waals surface area contributed by atoms with Gasteiger partial charge in [-0.3, -0.25) is 4.90 Å². The van der Waals surface area contributed by atoms with Gasteiger partial charge in [-0.1, -0.05) is 6.07 Å². The van der Waals surface area contributed by atoms with E-state index in [1.54, 1.807) is 17.5 Å². The van der Waals surface area contributed by atoms with Crippen LogP contribution in [0.5, 0.6) is 5.88 Å². The smallest absolute Gasteiger partial charge is 0.213 e. The van der Waals surface area contributed by atoms with Gasteiger partial charge in [0.1, 0.15) is 12.2 Å². The van der Waals surface area contributed by atoms with E-state index in [1.165, 1.54) is 0 Å². The van der Waals surface area contributed by atoms with Gasteiger partial charge in [0.15, 0.2) is 0 Å². The van der Waals surface area contributed by atoms with Crippen molar-refractivity contribution in [3.63, 3.8) is 0 Å². The van der Waals surface area contributed by atoms with Crippen molar-refractivity contribution >= 4 is 11.3 Å². The fraction of sp³-hybridized carbons (Fsp3) is 0.529. The first-order chi connectivity index (χ1) is 11.3. The van der Waals surface area contributed by atoms with Crippen molar-refractivity contribution in [2.75, 3.05) is 13.2 Å². The minimum Gasteiger partial charge on any atom is -0.470 e. The summed E-state index contributed by atoms with van der Waals surface area (Å²) in [5, 5.41) is 3.28. The molecule has 2 fully saturated rings. The Morgan fingerprint density at radius 3 is 3.17 bits per heavy atom. The lowest BCUT2D eigenvalue weighted by Gasteiger charge is -2.31. The van der Waals surface area contributed by atoms with E-state index in [9.17, 15) is 0 Å². The molecule has 0 amide bonds. The van der Waals surface area contributed by atoms with Crippen LogP contribution in [-0.4, -0.2) is 46.3 Å². The summed E-state index contributed by atoms with van der Waals surface area (Å²) in [4.78, 5) is 11.4. The van der Waals surface area contributed by atoms with E-state index in [-0.39, 0.29) is 12.2 Å². The summed E-state index contributed by atoms with van der Waals surface area (Å²) < 4.78 is 12.2. The van der Waals surface area contributed by atoms with Crippen molar-refractivity contribution in [1.82, 2.24) is 14.9 Å². The Morgan fingerprint density at radius 2 is 2.39 bits per heavy atom. The second-order valence-electron chi connectivity index (χ2n) is 6.16. The molecule has 2 aromatic rings. The van der Waals surface area contributed by atoms with Crippen molar-refractivity contribution in [3.8, 4) is 5.88 Å². The standard InChI is InChI=1S/C17H21N3O2S/c1-12-19-13(11-23-12)9-20-10-15(17-14(20)5-4-8-21-17)22-16-6-2-3-7-18-16/h2-3,6-7,11,14-15,17H,4-5,8-10H2,1H3/t14-,15-,17+/m1/s1. The summed E-state index contributed by atoms with van der Waals surface area (Å²) >= 11 is 1.71. The average Bonchev–Trinajstić information content (AvgIpc) is 3.14. The Hall–Kier alpha value is -1.50. The van der Waals surface area contributed by atoms with Crippen molar-refractivity contribution in [2.45, 2.75) is 44.6 Å². The minimum atomic E-state index is 0.0370. The van der Waals surface area contributed by atoms with Gasteiger partial charge in [0, 0.05) is 43.4 Å². The quantitative estimate of drug-likeness (QED) is 0.862. The summed E-state index contributed by atoms with van der Waals surface area (Å²) in [7, 11) is 0. The predicted octanol–water partition coefficient (Wildman–Crippen LogP) is 2.66. The van der Waals surface area contributed by atoms with Crippen LogP contribution in [0.3, 0.4) is 0 Å². The Kier molecular flexibility index (Phi) is 4.29. The first-order valence-corrected chi connectivity index (χ1v) is 9.02. The van der Waals surface area contributed by atoms with Gasteiger partial charge in [0.25, 0.3) is 0 Å². The molecule has 122 valence electrons. The molecule has 2 aliphatic heterocycles. The number of hydrogen-bond donors (Lipinski definition) is 0. The van der Waals surface area contributed by atoms with Crippen LogP contribution in [0.15, 0.2) is 29.8 Å². The molecule has 2 aliphatic rings. The third-order valence-corrected chi connectivity index (χ3v) is 5.35. The number of aryl methyl sites for hydroxylation is 1. The van der Waals surface area contributed by atoms with E-state index in [0.29, 0.717) is 11.9 Å². The van der Waals surface area contributed by atoms with Crippen molar-refractivity contribution in [3.05, 3.63) is 40.5 Å². The number of thiazole rings is 1. The van der Waals surface area contributed by atoms with Gasteiger partial charge in [-0.2, -0.15) is 0 Å². The maximum absolute atomic E-state index is 6.12. The van der Waals surface area contributed by atoms with E-state index in [4.69, 9.17) is 9.47 Å². The molecule has 5 nitrogen and oxygen atoms in total. The molecule has 0 radical (unpaired) electrons. The van der Waals surface area contributed by atoms with Crippen LogP contribution in [0.25, 0.3) is 0 Å². The summed E-state index contributed by atoms with van der Waals surface area (Å²) in [5.41, 5.74) is 1.15. The third-order valence-electron chi connectivity index (χ3n) is 4.53. The predicted molar refractivity (Wildman–Crippen MR) is 88.7 cm³/mol.